The summed E-state index contributed by atoms with van der Waals surface area (Å²) in [6, 6.07) is 0.392. The van der Waals surface area contributed by atoms with Crippen molar-refractivity contribution >= 4 is 0 Å². The fourth-order valence-electron chi connectivity index (χ4n) is 2.47. The third-order valence-corrected chi connectivity index (χ3v) is 2.98. The number of hydrogen-bond acceptors (Lipinski definition) is 2. The normalized spacial score (nSPS) is 29.6. The minimum Gasteiger partial charge on any atom is -0.391 e. The first-order chi connectivity index (χ1) is 6.40. The summed E-state index contributed by atoms with van der Waals surface area (Å²) in [7, 11) is 2.14. The van der Waals surface area contributed by atoms with Crippen LogP contribution in [0.2, 0.25) is 0 Å². The van der Waals surface area contributed by atoms with E-state index in [2.05, 4.69) is 32.7 Å². The summed E-state index contributed by atoms with van der Waals surface area (Å²) in [6.45, 7) is 7.81. The summed E-state index contributed by atoms with van der Waals surface area (Å²) >= 11 is 0. The van der Waals surface area contributed by atoms with Gasteiger partial charge in [-0.2, -0.15) is 0 Å². The van der Waals surface area contributed by atoms with Crippen molar-refractivity contribution in [3.05, 3.63) is 0 Å². The van der Waals surface area contributed by atoms with Gasteiger partial charge in [-0.05, 0) is 25.3 Å². The molecule has 0 aromatic heterocycles. The lowest BCUT2D eigenvalue weighted by Crippen LogP contribution is -2.46. The summed E-state index contributed by atoms with van der Waals surface area (Å²) in [6.07, 6.45) is 4.51. The number of rotatable bonds is 2. The first-order valence-corrected chi connectivity index (χ1v) is 5.78. The third-order valence-electron chi connectivity index (χ3n) is 2.98. The van der Waals surface area contributed by atoms with Gasteiger partial charge in [0, 0.05) is 12.6 Å². The Labute approximate surface area is 88.3 Å². The molecule has 1 aliphatic rings. The fourth-order valence-corrected chi connectivity index (χ4v) is 2.47. The van der Waals surface area contributed by atoms with E-state index in [1.807, 2.05) is 0 Å². The van der Waals surface area contributed by atoms with Crippen molar-refractivity contribution in [2.45, 2.75) is 58.6 Å². The molecule has 0 spiro atoms. The van der Waals surface area contributed by atoms with Gasteiger partial charge in [0.1, 0.15) is 0 Å². The van der Waals surface area contributed by atoms with Gasteiger partial charge in [0.25, 0.3) is 0 Å². The van der Waals surface area contributed by atoms with Crippen LogP contribution in [0.15, 0.2) is 0 Å². The van der Waals surface area contributed by atoms with Crippen LogP contribution >= 0.6 is 0 Å². The van der Waals surface area contributed by atoms with Gasteiger partial charge in [-0.25, -0.2) is 0 Å². The van der Waals surface area contributed by atoms with E-state index in [0.717, 1.165) is 19.4 Å². The molecule has 0 unspecified atom stereocenters. The molecule has 2 nitrogen and oxygen atoms in total. The lowest BCUT2D eigenvalue weighted by molar-refractivity contribution is 0.0193. The Bertz CT molecular complexity index is 174. The molecule has 1 rings (SSSR count). The van der Waals surface area contributed by atoms with Gasteiger partial charge in [-0.1, -0.05) is 33.6 Å². The zero-order valence-corrected chi connectivity index (χ0v) is 10.1. The number of hydrogen-bond donors (Lipinski definition) is 1. The largest absolute Gasteiger partial charge is 0.391 e. The molecule has 0 saturated heterocycles. The maximum absolute atomic E-state index is 9.89. The van der Waals surface area contributed by atoms with Gasteiger partial charge >= 0.3 is 0 Å². The van der Waals surface area contributed by atoms with E-state index in [4.69, 9.17) is 0 Å². The molecule has 1 saturated carbocycles. The Hall–Kier alpha value is -0.0800. The van der Waals surface area contributed by atoms with E-state index in [0.29, 0.717) is 11.5 Å². The first kappa shape index (κ1) is 12.0. The molecule has 1 fully saturated rings. The molecule has 0 aliphatic heterocycles. The number of nitrogens with zero attached hydrogens (tertiary/aromatic N) is 1. The minimum absolute atomic E-state index is 0.101. The highest BCUT2D eigenvalue weighted by Gasteiger charge is 2.28. The maximum atomic E-state index is 9.89. The topological polar surface area (TPSA) is 23.5 Å². The monoisotopic (exact) mass is 199 g/mol. The molecule has 2 heteroatoms. The smallest absolute Gasteiger partial charge is 0.0695 e. The van der Waals surface area contributed by atoms with Gasteiger partial charge in [0.15, 0.2) is 0 Å². The van der Waals surface area contributed by atoms with E-state index < -0.39 is 0 Å². The van der Waals surface area contributed by atoms with Gasteiger partial charge < -0.3 is 10.0 Å². The van der Waals surface area contributed by atoms with Crippen LogP contribution in [0, 0.1) is 5.41 Å². The van der Waals surface area contributed by atoms with Crippen molar-refractivity contribution in [2.75, 3.05) is 13.6 Å². The van der Waals surface area contributed by atoms with Crippen molar-refractivity contribution in [1.82, 2.24) is 4.90 Å². The molecular formula is C12H25NO. The number of aliphatic hydroxyl groups is 1. The maximum Gasteiger partial charge on any atom is 0.0695 e. The highest BCUT2D eigenvalue weighted by molar-refractivity contribution is 4.83. The third kappa shape index (κ3) is 3.58. The molecule has 0 amide bonds. The van der Waals surface area contributed by atoms with Gasteiger partial charge in [0.05, 0.1) is 6.10 Å². The average Bonchev–Trinajstić information content (AvgIpc) is 2.01. The zero-order chi connectivity index (χ0) is 10.8. The molecule has 0 aromatic rings. The molecule has 0 heterocycles. The van der Waals surface area contributed by atoms with Crippen molar-refractivity contribution < 1.29 is 5.11 Å². The second-order valence-corrected chi connectivity index (χ2v) is 5.89. The van der Waals surface area contributed by atoms with Crippen molar-refractivity contribution in [2.24, 2.45) is 5.41 Å². The molecule has 0 bridgehead atoms. The quantitative estimate of drug-likeness (QED) is 0.737. The van der Waals surface area contributed by atoms with Crippen LogP contribution < -0.4 is 0 Å². The minimum atomic E-state index is -0.101. The van der Waals surface area contributed by atoms with Crippen LogP contribution in [0.25, 0.3) is 0 Å². The highest BCUT2D eigenvalue weighted by Crippen LogP contribution is 2.25. The molecule has 0 radical (unpaired) electrons. The second kappa shape index (κ2) is 4.63. The summed E-state index contributed by atoms with van der Waals surface area (Å²) < 4.78 is 0. The van der Waals surface area contributed by atoms with Gasteiger partial charge in [-0.3, -0.25) is 0 Å². The lowest BCUT2D eigenvalue weighted by atomic mass is 9.89. The van der Waals surface area contributed by atoms with Crippen LogP contribution in [0.3, 0.4) is 0 Å². The number of aliphatic hydroxyl groups excluding tert-OH is 1. The van der Waals surface area contributed by atoms with Gasteiger partial charge in [-0.15, -0.1) is 0 Å². The Morgan fingerprint density at radius 2 is 1.79 bits per heavy atom. The molecule has 1 N–H and O–H groups in total. The highest BCUT2D eigenvalue weighted by atomic mass is 16.3. The standard InChI is InChI=1S/C12H25NO/c1-12(2,3)9-13(4)10-7-5-6-8-11(10)14/h10-11,14H,5-9H2,1-4H3/t10-,11-/m1/s1. The Morgan fingerprint density at radius 1 is 1.21 bits per heavy atom. The van der Waals surface area contributed by atoms with E-state index in [1.54, 1.807) is 0 Å². The fraction of sp³-hybridized carbons (Fsp3) is 1.00. The Kier molecular flexibility index (Phi) is 3.96. The molecule has 0 aromatic carbocycles. The SMILES string of the molecule is CN(CC(C)(C)C)[C@@H]1CCCC[C@H]1O. The first-order valence-electron chi connectivity index (χ1n) is 5.78. The summed E-state index contributed by atoms with van der Waals surface area (Å²) in [4.78, 5) is 2.34. The molecular weight excluding hydrogens is 174 g/mol. The van der Waals surface area contributed by atoms with Crippen LogP contribution in [-0.2, 0) is 0 Å². The zero-order valence-electron chi connectivity index (χ0n) is 10.1. The second-order valence-electron chi connectivity index (χ2n) is 5.89. The van der Waals surface area contributed by atoms with Crippen LogP contribution in [0.5, 0.6) is 0 Å². The average molecular weight is 199 g/mol. The molecule has 2 atom stereocenters. The summed E-state index contributed by atoms with van der Waals surface area (Å²) in [5.74, 6) is 0. The molecule has 1 aliphatic carbocycles. The van der Waals surface area contributed by atoms with Crippen molar-refractivity contribution in [1.29, 1.82) is 0 Å². The van der Waals surface area contributed by atoms with Crippen LogP contribution in [0.1, 0.15) is 46.5 Å². The van der Waals surface area contributed by atoms with Crippen LogP contribution in [0.4, 0.5) is 0 Å². The van der Waals surface area contributed by atoms with E-state index >= 15 is 0 Å². The van der Waals surface area contributed by atoms with Crippen molar-refractivity contribution in [3.63, 3.8) is 0 Å². The van der Waals surface area contributed by atoms with E-state index in [1.165, 1.54) is 12.8 Å². The predicted molar refractivity (Wildman–Crippen MR) is 60.3 cm³/mol. The molecule has 14 heavy (non-hydrogen) atoms. The Balaban J connectivity index is 2.46. The predicted octanol–water partition coefficient (Wildman–Crippen LogP) is 2.27. The van der Waals surface area contributed by atoms with E-state index in [-0.39, 0.29) is 6.10 Å². The lowest BCUT2D eigenvalue weighted by Gasteiger charge is -2.38. The van der Waals surface area contributed by atoms with Gasteiger partial charge in [0.2, 0.25) is 0 Å². The summed E-state index contributed by atoms with van der Waals surface area (Å²) in [5, 5.41) is 9.89. The number of likely N-dealkylation sites (N-methyl/N-ethyl adjacent to an activating group) is 1. The molecule has 84 valence electrons. The van der Waals surface area contributed by atoms with Crippen LogP contribution in [-0.4, -0.2) is 35.7 Å². The summed E-state index contributed by atoms with van der Waals surface area (Å²) in [5.41, 5.74) is 0.325. The van der Waals surface area contributed by atoms with Crippen molar-refractivity contribution in [3.8, 4) is 0 Å². The van der Waals surface area contributed by atoms with E-state index in [9.17, 15) is 5.11 Å². The Morgan fingerprint density at radius 3 is 2.29 bits per heavy atom.